The smallest absolute Gasteiger partial charge is 0.220 e. The number of nitrogens with one attached hydrogen (secondary N) is 1. The van der Waals surface area contributed by atoms with Gasteiger partial charge in [0, 0.05) is 6.42 Å². The molecule has 0 spiro atoms. The molecular formula is C48H97NO3. The van der Waals surface area contributed by atoms with E-state index in [1.54, 1.807) is 0 Å². The van der Waals surface area contributed by atoms with Crippen molar-refractivity contribution in [2.45, 2.75) is 296 Å². The molecule has 0 aliphatic heterocycles. The van der Waals surface area contributed by atoms with Crippen LogP contribution in [0.5, 0.6) is 0 Å². The maximum atomic E-state index is 12.4. The summed E-state index contributed by atoms with van der Waals surface area (Å²) in [7, 11) is 0. The van der Waals surface area contributed by atoms with Crippen molar-refractivity contribution in [1.82, 2.24) is 5.32 Å². The van der Waals surface area contributed by atoms with Gasteiger partial charge in [-0.3, -0.25) is 4.79 Å². The van der Waals surface area contributed by atoms with Crippen LogP contribution in [0.4, 0.5) is 0 Å². The number of rotatable bonds is 45. The van der Waals surface area contributed by atoms with E-state index in [0.29, 0.717) is 12.8 Å². The van der Waals surface area contributed by atoms with Crippen molar-refractivity contribution in [1.29, 1.82) is 0 Å². The van der Waals surface area contributed by atoms with Crippen molar-refractivity contribution in [3.05, 3.63) is 0 Å². The van der Waals surface area contributed by atoms with Crippen LogP contribution in [0, 0.1) is 0 Å². The van der Waals surface area contributed by atoms with Gasteiger partial charge < -0.3 is 15.5 Å². The van der Waals surface area contributed by atoms with Crippen molar-refractivity contribution in [2.75, 3.05) is 6.61 Å². The first-order chi connectivity index (χ1) is 25.7. The molecule has 52 heavy (non-hydrogen) atoms. The third-order valence-electron chi connectivity index (χ3n) is 11.6. The lowest BCUT2D eigenvalue weighted by molar-refractivity contribution is -0.123. The number of unbranched alkanes of at least 4 members (excludes halogenated alkanes) is 38. The Morgan fingerprint density at radius 2 is 0.615 bits per heavy atom. The number of carbonyl (C=O) groups is 1. The van der Waals surface area contributed by atoms with E-state index < -0.39 is 12.1 Å². The standard InChI is InChI=1S/C48H97NO3/c1-3-5-7-9-11-13-15-17-18-19-20-21-22-23-24-25-26-27-28-29-30-32-34-36-38-40-42-44-48(52)49-46(45-50)47(51)43-41-39-37-35-33-31-16-14-12-10-8-6-4-2/h46-47,50-51H,3-45H2,1-2H3,(H,49,52)/t46-,47+/m0/s1. The Morgan fingerprint density at radius 3 is 0.865 bits per heavy atom. The van der Waals surface area contributed by atoms with Crippen molar-refractivity contribution in [3.8, 4) is 0 Å². The molecule has 4 heteroatoms. The zero-order valence-electron chi connectivity index (χ0n) is 35.9. The molecule has 0 heterocycles. The molecule has 0 unspecified atom stereocenters. The predicted octanol–water partition coefficient (Wildman–Crippen LogP) is 15.2. The fourth-order valence-electron chi connectivity index (χ4n) is 7.89. The third kappa shape index (κ3) is 40.6. The minimum absolute atomic E-state index is 0.0250. The Morgan fingerprint density at radius 1 is 0.385 bits per heavy atom. The molecule has 0 aromatic heterocycles. The van der Waals surface area contributed by atoms with Crippen LogP contribution in [0.15, 0.2) is 0 Å². The van der Waals surface area contributed by atoms with E-state index in [4.69, 9.17) is 0 Å². The highest BCUT2D eigenvalue weighted by Crippen LogP contribution is 2.17. The summed E-state index contributed by atoms with van der Waals surface area (Å²) >= 11 is 0. The van der Waals surface area contributed by atoms with E-state index in [1.165, 1.54) is 231 Å². The Labute approximate surface area is 327 Å². The molecule has 1 amide bonds. The number of aliphatic hydroxyl groups excluding tert-OH is 2. The van der Waals surface area contributed by atoms with Crippen LogP contribution in [-0.4, -0.2) is 34.9 Å². The second-order valence-corrected chi connectivity index (χ2v) is 16.9. The molecule has 0 rings (SSSR count). The molecular weight excluding hydrogens is 639 g/mol. The molecule has 0 bridgehead atoms. The Hall–Kier alpha value is -0.610. The Balaban J connectivity index is 3.39. The van der Waals surface area contributed by atoms with E-state index in [-0.39, 0.29) is 12.5 Å². The minimum Gasteiger partial charge on any atom is -0.394 e. The van der Waals surface area contributed by atoms with E-state index >= 15 is 0 Å². The van der Waals surface area contributed by atoms with Gasteiger partial charge in [0.2, 0.25) is 5.91 Å². The quantitative estimate of drug-likeness (QED) is 0.0545. The largest absolute Gasteiger partial charge is 0.394 e. The van der Waals surface area contributed by atoms with E-state index in [9.17, 15) is 15.0 Å². The van der Waals surface area contributed by atoms with Crippen molar-refractivity contribution in [3.63, 3.8) is 0 Å². The zero-order valence-corrected chi connectivity index (χ0v) is 35.9. The molecule has 4 nitrogen and oxygen atoms in total. The Kier molecular flexibility index (Phi) is 44.3. The predicted molar refractivity (Wildman–Crippen MR) is 230 cm³/mol. The van der Waals surface area contributed by atoms with Gasteiger partial charge in [0.1, 0.15) is 0 Å². The first-order valence-electron chi connectivity index (χ1n) is 24.2. The maximum Gasteiger partial charge on any atom is 0.220 e. The van der Waals surface area contributed by atoms with Crippen molar-refractivity contribution in [2.24, 2.45) is 0 Å². The SMILES string of the molecule is CCCCCCCCCCCCCCCCCCCCCCCCCCCCCC(=O)N[C@@H](CO)[C@H](O)CCCCCCCCCCCCCCC. The normalized spacial score (nSPS) is 12.8. The molecule has 0 radical (unpaired) electrons. The van der Waals surface area contributed by atoms with E-state index in [0.717, 1.165) is 25.7 Å². The summed E-state index contributed by atoms with van der Waals surface area (Å²) < 4.78 is 0. The van der Waals surface area contributed by atoms with Gasteiger partial charge in [0.05, 0.1) is 18.8 Å². The van der Waals surface area contributed by atoms with Gasteiger partial charge in [0.25, 0.3) is 0 Å². The lowest BCUT2D eigenvalue weighted by atomic mass is 10.0. The van der Waals surface area contributed by atoms with Crippen LogP contribution >= 0.6 is 0 Å². The molecule has 0 aromatic rings. The van der Waals surface area contributed by atoms with Gasteiger partial charge in [-0.2, -0.15) is 0 Å². The molecule has 0 aliphatic rings. The number of aliphatic hydroxyl groups is 2. The summed E-state index contributed by atoms with van der Waals surface area (Å²) in [6, 6.07) is -0.529. The summed E-state index contributed by atoms with van der Waals surface area (Å²) in [5.74, 6) is -0.0250. The van der Waals surface area contributed by atoms with Crippen LogP contribution in [0.1, 0.15) is 284 Å². The van der Waals surface area contributed by atoms with Gasteiger partial charge in [-0.15, -0.1) is 0 Å². The topological polar surface area (TPSA) is 69.6 Å². The fourth-order valence-corrected chi connectivity index (χ4v) is 7.89. The summed E-state index contributed by atoms with van der Waals surface area (Å²) in [4.78, 5) is 12.4. The molecule has 0 aliphatic carbocycles. The summed E-state index contributed by atoms with van der Waals surface area (Å²) in [5.41, 5.74) is 0. The highest BCUT2D eigenvalue weighted by atomic mass is 16.3. The maximum absolute atomic E-state index is 12.4. The molecule has 0 fully saturated rings. The average Bonchev–Trinajstić information content (AvgIpc) is 3.15. The number of hydrogen-bond acceptors (Lipinski definition) is 3. The fraction of sp³-hybridized carbons (Fsp3) is 0.979. The Bertz CT molecular complexity index is 670. The molecule has 3 N–H and O–H groups in total. The van der Waals surface area contributed by atoms with Gasteiger partial charge in [-0.25, -0.2) is 0 Å². The van der Waals surface area contributed by atoms with Crippen LogP contribution < -0.4 is 5.32 Å². The highest BCUT2D eigenvalue weighted by molar-refractivity contribution is 5.76. The van der Waals surface area contributed by atoms with Crippen LogP contribution in [0.25, 0.3) is 0 Å². The second-order valence-electron chi connectivity index (χ2n) is 16.9. The highest BCUT2D eigenvalue weighted by Gasteiger charge is 2.20. The van der Waals surface area contributed by atoms with Crippen LogP contribution in [0.2, 0.25) is 0 Å². The summed E-state index contributed by atoms with van der Waals surface area (Å²) in [5, 5.41) is 23.2. The monoisotopic (exact) mass is 736 g/mol. The second kappa shape index (κ2) is 44.8. The third-order valence-corrected chi connectivity index (χ3v) is 11.6. The minimum atomic E-state index is -0.652. The number of amides is 1. The summed E-state index contributed by atoms with van der Waals surface area (Å²) in [6.45, 7) is 4.38. The first-order valence-corrected chi connectivity index (χ1v) is 24.2. The average molecular weight is 736 g/mol. The summed E-state index contributed by atoms with van der Waals surface area (Å²) in [6.07, 6.45) is 54.9. The van der Waals surface area contributed by atoms with Gasteiger partial charge in [0.15, 0.2) is 0 Å². The molecule has 0 saturated heterocycles. The van der Waals surface area contributed by atoms with Gasteiger partial charge in [-0.1, -0.05) is 264 Å². The molecule has 0 saturated carbocycles. The van der Waals surface area contributed by atoms with Crippen molar-refractivity contribution < 1.29 is 15.0 Å². The molecule has 312 valence electrons. The van der Waals surface area contributed by atoms with Gasteiger partial charge in [-0.05, 0) is 12.8 Å². The lowest BCUT2D eigenvalue weighted by Crippen LogP contribution is -2.45. The van der Waals surface area contributed by atoms with E-state index in [1.807, 2.05) is 0 Å². The van der Waals surface area contributed by atoms with Crippen LogP contribution in [-0.2, 0) is 4.79 Å². The number of carbonyl (C=O) groups excluding carboxylic acids is 1. The van der Waals surface area contributed by atoms with Crippen molar-refractivity contribution >= 4 is 5.91 Å². The zero-order chi connectivity index (χ0) is 37.8. The van der Waals surface area contributed by atoms with Gasteiger partial charge >= 0.3 is 0 Å². The van der Waals surface area contributed by atoms with Crippen LogP contribution in [0.3, 0.4) is 0 Å². The first kappa shape index (κ1) is 51.4. The number of hydrogen-bond donors (Lipinski definition) is 3. The molecule has 0 aromatic carbocycles. The van der Waals surface area contributed by atoms with E-state index in [2.05, 4.69) is 19.2 Å². The molecule has 2 atom stereocenters. The lowest BCUT2D eigenvalue weighted by Gasteiger charge is -2.22.